The van der Waals surface area contributed by atoms with Crippen molar-refractivity contribution in [3.8, 4) is 0 Å². The molecule has 0 amide bonds. The Morgan fingerprint density at radius 1 is 0.289 bits per heavy atom. The van der Waals surface area contributed by atoms with Crippen LogP contribution >= 0.6 is 15.6 Å². The largest absolute Gasteiger partial charge is 0.472 e. The summed E-state index contributed by atoms with van der Waals surface area (Å²) in [5, 5.41) is 10.6. The molecule has 19 heteroatoms. The topological polar surface area (TPSA) is 237 Å². The monoisotopic (exact) mass is 1420 g/mol. The Labute approximate surface area is 594 Å². The summed E-state index contributed by atoms with van der Waals surface area (Å²) in [5.74, 6) is 0.959. The minimum absolute atomic E-state index is 0.106. The van der Waals surface area contributed by atoms with Gasteiger partial charge in [0.2, 0.25) is 0 Å². The summed E-state index contributed by atoms with van der Waals surface area (Å²) < 4.78 is 68.6. The normalized spacial score (nSPS) is 14.4. The quantitative estimate of drug-likeness (QED) is 0.0222. The number of phosphoric ester groups is 2. The summed E-state index contributed by atoms with van der Waals surface area (Å²) in [6.07, 6.45) is 52.8. The maximum absolute atomic E-state index is 13.1. The number of carbonyl (C=O) groups excluding carboxylic acids is 4. The second-order valence-electron chi connectivity index (χ2n) is 29.8. The van der Waals surface area contributed by atoms with Crippen LogP contribution < -0.4 is 0 Å². The molecular weight excluding hydrogens is 1270 g/mol. The third-order valence-corrected chi connectivity index (χ3v) is 20.3. The van der Waals surface area contributed by atoms with Crippen molar-refractivity contribution in [1.82, 2.24) is 0 Å². The minimum atomic E-state index is -4.96. The molecule has 576 valence electrons. The predicted octanol–water partition coefficient (Wildman–Crippen LogP) is 22.8. The van der Waals surface area contributed by atoms with Crippen molar-refractivity contribution in [2.75, 3.05) is 39.6 Å². The smallest absolute Gasteiger partial charge is 0.462 e. The highest BCUT2D eigenvalue weighted by Crippen LogP contribution is 2.45. The van der Waals surface area contributed by atoms with Crippen molar-refractivity contribution in [1.29, 1.82) is 0 Å². The third kappa shape index (κ3) is 70.9. The molecule has 17 nitrogen and oxygen atoms in total. The van der Waals surface area contributed by atoms with Crippen LogP contribution in [0.3, 0.4) is 0 Å². The second kappa shape index (κ2) is 67.2. The molecule has 0 saturated carbocycles. The fourth-order valence-corrected chi connectivity index (χ4v) is 13.5. The van der Waals surface area contributed by atoms with Gasteiger partial charge < -0.3 is 33.8 Å². The molecule has 0 aliphatic rings. The Kier molecular flexibility index (Phi) is 65.9. The fraction of sp³-hybridized carbons (Fsp3) is 0.949. The van der Waals surface area contributed by atoms with Crippen molar-refractivity contribution in [3.63, 3.8) is 0 Å². The SMILES string of the molecule is CCC(C)CCCCCCCCCCC(=O)OC[C@H](COP(=O)(O)OCC(O)COP(=O)(O)OC[C@@H](COC(=O)CCCCCCCCCC(C)C)OC(=O)CCCCCCCCCCCCCCCC(C)C)OC(=O)CCCCCCCCCCCCCCCCCCC(C)C. The van der Waals surface area contributed by atoms with E-state index in [1.807, 2.05) is 0 Å². The molecule has 0 saturated heterocycles. The predicted molar refractivity (Wildman–Crippen MR) is 395 cm³/mol. The van der Waals surface area contributed by atoms with Crippen molar-refractivity contribution >= 4 is 39.5 Å². The van der Waals surface area contributed by atoms with Crippen LogP contribution in [-0.4, -0.2) is 96.7 Å². The summed E-state index contributed by atoms with van der Waals surface area (Å²) in [4.78, 5) is 72.9. The van der Waals surface area contributed by atoms with Crippen LogP contribution in [0, 0.1) is 23.7 Å². The Morgan fingerprint density at radius 2 is 0.495 bits per heavy atom. The zero-order valence-corrected chi connectivity index (χ0v) is 65.5. The van der Waals surface area contributed by atoms with Gasteiger partial charge in [-0.05, 0) is 49.4 Å². The van der Waals surface area contributed by atoms with E-state index in [4.69, 9.17) is 37.0 Å². The van der Waals surface area contributed by atoms with Crippen LogP contribution in [0.2, 0.25) is 0 Å². The lowest BCUT2D eigenvalue weighted by molar-refractivity contribution is -0.161. The van der Waals surface area contributed by atoms with Crippen LogP contribution in [-0.2, 0) is 65.4 Å². The van der Waals surface area contributed by atoms with Crippen molar-refractivity contribution in [2.24, 2.45) is 23.7 Å². The molecule has 3 N–H and O–H groups in total. The number of carbonyl (C=O) groups is 4. The Balaban J connectivity index is 5.23. The lowest BCUT2D eigenvalue weighted by Gasteiger charge is -2.21. The van der Waals surface area contributed by atoms with Gasteiger partial charge in [-0.1, -0.05) is 344 Å². The fourth-order valence-electron chi connectivity index (χ4n) is 11.9. The first kappa shape index (κ1) is 95.1. The lowest BCUT2D eigenvalue weighted by atomic mass is 9.99. The van der Waals surface area contributed by atoms with Crippen LogP contribution in [0.4, 0.5) is 0 Å². The van der Waals surface area contributed by atoms with Crippen molar-refractivity contribution < 1.29 is 80.2 Å². The maximum atomic E-state index is 13.1. The molecule has 0 aromatic heterocycles. The molecule has 0 rings (SSSR count). The molecule has 0 aliphatic carbocycles. The summed E-state index contributed by atoms with van der Waals surface area (Å²) in [5.41, 5.74) is 0. The highest BCUT2D eigenvalue weighted by molar-refractivity contribution is 7.47. The Morgan fingerprint density at radius 3 is 0.732 bits per heavy atom. The molecule has 0 spiro atoms. The molecule has 0 heterocycles. The molecule has 0 fully saturated rings. The molecule has 0 radical (unpaired) electrons. The first-order valence-corrected chi connectivity index (χ1v) is 43.2. The lowest BCUT2D eigenvalue weighted by Crippen LogP contribution is -2.30. The average molecular weight is 1420 g/mol. The number of rotatable bonds is 75. The third-order valence-electron chi connectivity index (χ3n) is 18.4. The number of unbranched alkanes of at least 4 members (excludes halogenated alkanes) is 40. The van der Waals surface area contributed by atoms with Gasteiger partial charge in [0.25, 0.3) is 0 Å². The number of esters is 4. The zero-order chi connectivity index (χ0) is 71.7. The highest BCUT2D eigenvalue weighted by Gasteiger charge is 2.30. The van der Waals surface area contributed by atoms with E-state index in [0.29, 0.717) is 31.6 Å². The summed E-state index contributed by atoms with van der Waals surface area (Å²) >= 11 is 0. The first-order valence-electron chi connectivity index (χ1n) is 40.2. The van der Waals surface area contributed by atoms with E-state index >= 15 is 0 Å². The summed E-state index contributed by atoms with van der Waals surface area (Å²) in [6, 6.07) is 0. The van der Waals surface area contributed by atoms with Gasteiger partial charge in [-0.2, -0.15) is 0 Å². The van der Waals surface area contributed by atoms with E-state index in [-0.39, 0.29) is 25.7 Å². The number of aliphatic hydroxyl groups excluding tert-OH is 1. The van der Waals surface area contributed by atoms with Gasteiger partial charge in [-0.3, -0.25) is 37.3 Å². The number of ether oxygens (including phenoxy) is 4. The second-order valence-corrected chi connectivity index (χ2v) is 32.7. The molecule has 0 bridgehead atoms. The molecule has 6 atom stereocenters. The molecule has 97 heavy (non-hydrogen) atoms. The van der Waals surface area contributed by atoms with Crippen LogP contribution in [0.15, 0.2) is 0 Å². The maximum Gasteiger partial charge on any atom is 0.472 e. The van der Waals surface area contributed by atoms with Crippen molar-refractivity contribution in [2.45, 2.75) is 414 Å². The van der Waals surface area contributed by atoms with E-state index < -0.39 is 97.5 Å². The first-order chi connectivity index (χ1) is 46.6. The van der Waals surface area contributed by atoms with E-state index in [1.165, 1.54) is 193 Å². The van der Waals surface area contributed by atoms with Gasteiger partial charge in [-0.25, -0.2) is 9.13 Å². The summed E-state index contributed by atoms with van der Waals surface area (Å²) in [6.45, 7) is 14.2. The van der Waals surface area contributed by atoms with Gasteiger partial charge in [-0.15, -0.1) is 0 Å². The summed E-state index contributed by atoms with van der Waals surface area (Å²) in [7, 11) is -9.92. The number of hydrogen-bond donors (Lipinski definition) is 3. The van der Waals surface area contributed by atoms with E-state index in [1.54, 1.807) is 0 Å². The molecular formula is C78H152O17P2. The van der Waals surface area contributed by atoms with Crippen LogP contribution in [0.1, 0.15) is 396 Å². The Bertz CT molecular complexity index is 1900. The van der Waals surface area contributed by atoms with Crippen molar-refractivity contribution in [3.05, 3.63) is 0 Å². The number of hydrogen-bond acceptors (Lipinski definition) is 15. The van der Waals surface area contributed by atoms with E-state index in [0.717, 1.165) is 114 Å². The van der Waals surface area contributed by atoms with Gasteiger partial charge in [0.1, 0.15) is 19.3 Å². The highest BCUT2D eigenvalue weighted by atomic mass is 31.2. The van der Waals surface area contributed by atoms with Gasteiger partial charge in [0.15, 0.2) is 12.2 Å². The molecule has 0 aliphatic heterocycles. The number of phosphoric acid groups is 2. The Hall–Kier alpha value is -1.94. The minimum Gasteiger partial charge on any atom is -0.462 e. The van der Waals surface area contributed by atoms with Crippen LogP contribution in [0.25, 0.3) is 0 Å². The van der Waals surface area contributed by atoms with Gasteiger partial charge >= 0.3 is 39.5 Å². The molecule has 0 aromatic rings. The zero-order valence-electron chi connectivity index (χ0n) is 63.7. The van der Waals surface area contributed by atoms with E-state index in [2.05, 4.69) is 55.4 Å². The van der Waals surface area contributed by atoms with Crippen LogP contribution in [0.5, 0.6) is 0 Å². The standard InChI is InChI=1S/C78H152O17P2/c1-9-71(8)57-49-41-33-27-28-34-42-50-58-75(80)88-64-73(94-77(82)60-52-44-35-25-21-17-13-11-10-12-15-19-23-30-38-46-54-68(2)3)66-92-96(84,85)90-62-72(79)63-91-97(86,87)93-67-74(65-89-76(81)59-51-43-37-29-32-40-48-56-70(6)7)95-78(83)61-53-45-36-26-22-18-14-16-20-24-31-39-47-55-69(4)5/h68-74,79H,9-67H2,1-8H3,(H,84,85)(H,86,87)/t71?,72?,73-,74-/m1/s1. The molecule has 4 unspecified atom stereocenters. The van der Waals surface area contributed by atoms with Gasteiger partial charge in [0.05, 0.1) is 26.4 Å². The molecule has 0 aromatic carbocycles. The van der Waals surface area contributed by atoms with E-state index in [9.17, 15) is 43.2 Å². The average Bonchev–Trinajstić information content (AvgIpc) is 2.40. The van der Waals surface area contributed by atoms with Gasteiger partial charge in [0, 0.05) is 25.7 Å². The number of aliphatic hydroxyl groups is 1.